The van der Waals surface area contributed by atoms with Crippen LogP contribution in [-0.2, 0) is 25.1 Å². The second-order valence-electron chi connectivity index (χ2n) is 8.06. The van der Waals surface area contributed by atoms with Crippen LogP contribution in [0.3, 0.4) is 0 Å². The van der Waals surface area contributed by atoms with Gasteiger partial charge in [0.05, 0.1) is 23.8 Å². The molecule has 2 heterocycles. The standard InChI is InChI=1S/C24H27NO5S/c1-19-10-12-21(13-11-19)31(27,28)25-16-6-9-22(25)24(26,20-7-4-3-5-8-20)15-14-23(2)29-17-18-30-23/h3-13,16,26H,14-15,17-18H2,1-2H3. The van der Waals surface area contributed by atoms with Crippen molar-refractivity contribution in [1.82, 2.24) is 3.97 Å². The maximum atomic E-state index is 13.4. The van der Waals surface area contributed by atoms with Crippen molar-refractivity contribution in [2.75, 3.05) is 13.2 Å². The average Bonchev–Trinajstić information content (AvgIpc) is 3.44. The predicted octanol–water partition coefficient (Wildman–Crippen LogP) is 3.81. The number of benzene rings is 2. The Kier molecular flexibility index (Phi) is 5.79. The first kappa shape index (κ1) is 21.8. The zero-order valence-electron chi connectivity index (χ0n) is 17.7. The predicted molar refractivity (Wildman–Crippen MR) is 117 cm³/mol. The summed E-state index contributed by atoms with van der Waals surface area (Å²) in [5.74, 6) is -0.810. The lowest BCUT2D eigenvalue weighted by Gasteiger charge is -2.33. The fourth-order valence-corrected chi connectivity index (χ4v) is 5.37. The Morgan fingerprint density at radius 3 is 2.29 bits per heavy atom. The van der Waals surface area contributed by atoms with E-state index in [4.69, 9.17) is 9.47 Å². The summed E-state index contributed by atoms with van der Waals surface area (Å²) < 4.78 is 39.4. The highest BCUT2D eigenvalue weighted by molar-refractivity contribution is 7.90. The molecular formula is C24H27NO5S. The first-order valence-electron chi connectivity index (χ1n) is 10.3. The number of nitrogens with zero attached hydrogens (tertiary/aromatic N) is 1. The van der Waals surface area contributed by atoms with Crippen molar-refractivity contribution in [3.05, 3.63) is 89.7 Å². The second kappa shape index (κ2) is 8.24. The molecule has 0 bridgehead atoms. The lowest BCUT2D eigenvalue weighted by atomic mass is 9.85. The topological polar surface area (TPSA) is 77.8 Å². The van der Waals surface area contributed by atoms with Gasteiger partial charge in [0.15, 0.2) is 5.79 Å². The molecule has 1 atom stereocenters. The maximum Gasteiger partial charge on any atom is 0.267 e. The molecule has 1 N–H and O–H groups in total. The Hall–Kier alpha value is -2.45. The van der Waals surface area contributed by atoms with Gasteiger partial charge in [0, 0.05) is 12.6 Å². The molecular weight excluding hydrogens is 414 g/mol. The van der Waals surface area contributed by atoms with Gasteiger partial charge in [-0.1, -0.05) is 48.0 Å². The van der Waals surface area contributed by atoms with Crippen LogP contribution in [0.5, 0.6) is 0 Å². The Morgan fingerprint density at radius 2 is 1.65 bits per heavy atom. The minimum absolute atomic E-state index is 0.167. The third-order valence-corrected chi connectivity index (χ3v) is 7.51. The van der Waals surface area contributed by atoms with Gasteiger partial charge in [-0.2, -0.15) is 0 Å². The van der Waals surface area contributed by atoms with Crippen LogP contribution in [0, 0.1) is 6.92 Å². The molecule has 1 fully saturated rings. The maximum absolute atomic E-state index is 13.4. The van der Waals surface area contributed by atoms with Crippen molar-refractivity contribution in [1.29, 1.82) is 0 Å². The van der Waals surface area contributed by atoms with E-state index in [1.807, 2.05) is 32.0 Å². The van der Waals surface area contributed by atoms with E-state index in [1.165, 1.54) is 10.2 Å². The van der Waals surface area contributed by atoms with E-state index >= 15 is 0 Å². The number of aliphatic hydroxyl groups is 1. The van der Waals surface area contributed by atoms with Crippen molar-refractivity contribution >= 4 is 10.0 Å². The minimum Gasteiger partial charge on any atom is -0.379 e. The summed E-state index contributed by atoms with van der Waals surface area (Å²) >= 11 is 0. The van der Waals surface area contributed by atoms with E-state index in [2.05, 4.69) is 0 Å². The molecule has 0 radical (unpaired) electrons. The first-order chi connectivity index (χ1) is 14.7. The van der Waals surface area contributed by atoms with Crippen molar-refractivity contribution in [2.24, 2.45) is 0 Å². The fourth-order valence-electron chi connectivity index (χ4n) is 3.96. The fraction of sp³-hybridized carbons (Fsp3) is 0.333. The Morgan fingerprint density at radius 1 is 1.00 bits per heavy atom. The summed E-state index contributed by atoms with van der Waals surface area (Å²) in [7, 11) is -3.89. The van der Waals surface area contributed by atoms with E-state index in [-0.39, 0.29) is 17.0 Å². The molecule has 6 nitrogen and oxygen atoms in total. The summed E-state index contributed by atoms with van der Waals surface area (Å²) in [5.41, 5.74) is 0.301. The van der Waals surface area contributed by atoms with Crippen LogP contribution in [0.2, 0.25) is 0 Å². The van der Waals surface area contributed by atoms with Gasteiger partial charge in [-0.15, -0.1) is 0 Å². The summed E-state index contributed by atoms with van der Waals surface area (Å²) in [4.78, 5) is 0.167. The van der Waals surface area contributed by atoms with E-state index in [1.54, 1.807) is 48.5 Å². The van der Waals surface area contributed by atoms with Crippen LogP contribution in [0.25, 0.3) is 0 Å². The zero-order chi connectivity index (χ0) is 22.1. The van der Waals surface area contributed by atoms with Crippen molar-refractivity contribution in [2.45, 2.75) is 43.0 Å². The summed E-state index contributed by atoms with van der Waals surface area (Å²) in [6, 6.07) is 19.1. The summed E-state index contributed by atoms with van der Waals surface area (Å²) in [6.07, 6.45) is 2.10. The lowest BCUT2D eigenvalue weighted by molar-refractivity contribution is -0.155. The van der Waals surface area contributed by atoms with Gasteiger partial charge in [0.25, 0.3) is 10.0 Å². The van der Waals surface area contributed by atoms with Crippen LogP contribution in [-0.4, -0.2) is 36.5 Å². The number of hydrogen-bond acceptors (Lipinski definition) is 5. The highest BCUT2D eigenvalue weighted by Crippen LogP contribution is 2.39. The van der Waals surface area contributed by atoms with E-state index in [0.29, 0.717) is 25.2 Å². The Balaban J connectivity index is 1.78. The molecule has 164 valence electrons. The molecule has 2 aromatic carbocycles. The van der Waals surface area contributed by atoms with Crippen LogP contribution >= 0.6 is 0 Å². The van der Waals surface area contributed by atoms with Crippen LogP contribution in [0.1, 0.15) is 36.6 Å². The van der Waals surface area contributed by atoms with Gasteiger partial charge in [-0.05, 0) is 50.1 Å². The molecule has 31 heavy (non-hydrogen) atoms. The number of aryl methyl sites for hydroxylation is 1. The quantitative estimate of drug-likeness (QED) is 0.603. The van der Waals surface area contributed by atoms with Crippen LogP contribution < -0.4 is 0 Å². The van der Waals surface area contributed by atoms with Crippen molar-refractivity contribution < 1.29 is 23.0 Å². The Labute approximate surface area is 183 Å². The second-order valence-corrected chi connectivity index (χ2v) is 9.88. The largest absolute Gasteiger partial charge is 0.379 e. The molecule has 1 aliphatic heterocycles. The molecule has 1 saturated heterocycles. The molecule has 1 unspecified atom stereocenters. The normalized spacial score (nSPS) is 18.0. The van der Waals surface area contributed by atoms with Crippen LogP contribution in [0.4, 0.5) is 0 Å². The molecule has 0 saturated carbocycles. The van der Waals surface area contributed by atoms with E-state index < -0.39 is 21.4 Å². The van der Waals surface area contributed by atoms with Crippen molar-refractivity contribution in [3.63, 3.8) is 0 Å². The molecule has 4 rings (SSSR count). The molecule has 1 aromatic heterocycles. The van der Waals surface area contributed by atoms with Gasteiger partial charge >= 0.3 is 0 Å². The molecule has 0 amide bonds. The summed E-state index contributed by atoms with van der Waals surface area (Å²) in [6.45, 7) is 4.74. The van der Waals surface area contributed by atoms with E-state index in [9.17, 15) is 13.5 Å². The Bertz CT molecular complexity index is 1130. The van der Waals surface area contributed by atoms with Crippen molar-refractivity contribution in [3.8, 4) is 0 Å². The lowest BCUT2D eigenvalue weighted by Crippen LogP contribution is -2.36. The zero-order valence-corrected chi connectivity index (χ0v) is 18.5. The minimum atomic E-state index is -3.89. The highest BCUT2D eigenvalue weighted by atomic mass is 32.2. The first-order valence-corrected chi connectivity index (χ1v) is 11.7. The smallest absolute Gasteiger partial charge is 0.267 e. The monoisotopic (exact) mass is 441 g/mol. The number of aromatic nitrogens is 1. The number of hydrogen-bond donors (Lipinski definition) is 1. The van der Waals surface area contributed by atoms with Crippen LogP contribution in [0.15, 0.2) is 77.8 Å². The summed E-state index contributed by atoms with van der Waals surface area (Å²) in [5, 5.41) is 12.0. The van der Waals surface area contributed by atoms with Gasteiger partial charge < -0.3 is 14.6 Å². The number of rotatable bonds is 7. The molecule has 0 spiro atoms. The van der Waals surface area contributed by atoms with Gasteiger partial charge in [-0.3, -0.25) is 0 Å². The third kappa shape index (κ3) is 4.19. The SMILES string of the molecule is Cc1ccc(S(=O)(=O)n2cccc2C(O)(CCC2(C)OCCO2)c2ccccc2)cc1. The van der Waals surface area contributed by atoms with Gasteiger partial charge in [0.1, 0.15) is 5.60 Å². The van der Waals surface area contributed by atoms with Gasteiger partial charge in [-0.25, -0.2) is 12.4 Å². The molecule has 3 aromatic rings. The van der Waals surface area contributed by atoms with E-state index in [0.717, 1.165) is 5.56 Å². The third-order valence-electron chi connectivity index (χ3n) is 5.80. The van der Waals surface area contributed by atoms with Gasteiger partial charge in [0.2, 0.25) is 0 Å². The number of ether oxygens (including phenoxy) is 2. The average molecular weight is 442 g/mol. The molecule has 0 aliphatic carbocycles. The highest BCUT2D eigenvalue weighted by Gasteiger charge is 2.41. The molecule has 1 aliphatic rings. The molecule has 7 heteroatoms.